The van der Waals surface area contributed by atoms with Crippen molar-refractivity contribution in [3.8, 4) is 0 Å². The van der Waals surface area contributed by atoms with E-state index in [4.69, 9.17) is 5.11 Å². The molecule has 0 aliphatic carbocycles. The number of carboxylic acids is 1. The van der Waals surface area contributed by atoms with Gasteiger partial charge in [0, 0.05) is 6.54 Å². The first-order valence-electron chi connectivity index (χ1n) is 6.58. The second kappa shape index (κ2) is 10.5. The zero-order chi connectivity index (χ0) is 15.5. The van der Waals surface area contributed by atoms with E-state index >= 15 is 0 Å². The Balaban J connectivity index is 4.52. The van der Waals surface area contributed by atoms with Crippen LogP contribution in [0.2, 0.25) is 0 Å². The van der Waals surface area contributed by atoms with Gasteiger partial charge in [0.1, 0.15) is 6.54 Å². The summed E-state index contributed by atoms with van der Waals surface area (Å²) in [6.45, 7) is 4.48. The quantitative estimate of drug-likeness (QED) is 0.611. The fraction of sp³-hybridized carbons (Fsp3) is 0.769. The molecule has 0 spiro atoms. The zero-order valence-corrected chi connectivity index (χ0v) is 13.1. The number of carbonyl (C=O) groups excluding carboxylic acids is 2. The maximum absolute atomic E-state index is 12.0. The van der Waals surface area contributed by atoms with Crippen LogP contribution < -0.4 is 0 Å². The van der Waals surface area contributed by atoms with Gasteiger partial charge < -0.3 is 14.7 Å². The Morgan fingerprint density at radius 3 is 2.25 bits per heavy atom. The molecule has 0 aliphatic rings. The number of esters is 1. The summed E-state index contributed by atoms with van der Waals surface area (Å²) in [6, 6.07) is 0. The van der Waals surface area contributed by atoms with Crippen LogP contribution in [0.4, 0.5) is 0 Å². The number of thioether (sulfide) groups is 1. The zero-order valence-electron chi connectivity index (χ0n) is 12.3. The summed E-state index contributed by atoms with van der Waals surface area (Å²) in [6.07, 6.45) is 1.84. The van der Waals surface area contributed by atoms with Crippen molar-refractivity contribution >= 4 is 29.6 Å². The molecule has 1 N–H and O–H groups in total. The number of nitrogens with zero attached hydrogens (tertiary/aromatic N) is 1. The van der Waals surface area contributed by atoms with Gasteiger partial charge in [0.2, 0.25) is 5.91 Å². The van der Waals surface area contributed by atoms with Crippen LogP contribution in [0.5, 0.6) is 0 Å². The van der Waals surface area contributed by atoms with Crippen molar-refractivity contribution in [3.05, 3.63) is 0 Å². The Morgan fingerprint density at radius 1 is 1.20 bits per heavy atom. The van der Waals surface area contributed by atoms with E-state index in [0.717, 1.165) is 24.6 Å². The summed E-state index contributed by atoms with van der Waals surface area (Å²) < 4.78 is 4.59. The lowest BCUT2D eigenvalue weighted by molar-refractivity contribution is -0.146. The average molecular weight is 305 g/mol. The van der Waals surface area contributed by atoms with E-state index in [1.165, 1.54) is 12.0 Å². The minimum atomic E-state index is -0.956. The van der Waals surface area contributed by atoms with Crippen LogP contribution in [0.3, 0.4) is 0 Å². The van der Waals surface area contributed by atoms with Crippen LogP contribution >= 0.6 is 11.8 Å². The maximum Gasteiger partial charge on any atom is 0.325 e. The number of ether oxygens (including phenoxy) is 1. The maximum atomic E-state index is 12.0. The Bertz CT molecular complexity index is 331. The van der Waals surface area contributed by atoms with Crippen LogP contribution in [0, 0.1) is 5.92 Å². The van der Waals surface area contributed by atoms with Gasteiger partial charge in [0.15, 0.2) is 0 Å². The lowest BCUT2D eigenvalue weighted by Crippen LogP contribution is -2.40. The van der Waals surface area contributed by atoms with E-state index in [-0.39, 0.29) is 24.0 Å². The molecular weight excluding hydrogens is 282 g/mol. The van der Waals surface area contributed by atoms with Gasteiger partial charge in [-0.3, -0.25) is 14.4 Å². The molecular formula is C13H23NO5S. The van der Waals surface area contributed by atoms with Crippen LogP contribution in [0.1, 0.15) is 26.7 Å². The van der Waals surface area contributed by atoms with Crippen molar-refractivity contribution in [2.75, 3.05) is 31.7 Å². The number of hydrogen-bond acceptors (Lipinski definition) is 5. The molecule has 0 atom stereocenters. The molecule has 0 aromatic rings. The van der Waals surface area contributed by atoms with E-state index in [9.17, 15) is 14.4 Å². The Labute approximate surface area is 123 Å². The number of carboxylic acid groups (broad SMARTS) is 1. The molecule has 1 amide bonds. The van der Waals surface area contributed by atoms with Gasteiger partial charge in [-0.05, 0) is 5.92 Å². The van der Waals surface area contributed by atoms with Crippen molar-refractivity contribution in [1.82, 2.24) is 4.90 Å². The van der Waals surface area contributed by atoms with E-state index in [2.05, 4.69) is 4.74 Å². The summed E-state index contributed by atoms with van der Waals surface area (Å²) in [5.41, 5.74) is 0. The highest BCUT2D eigenvalue weighted by Gasteiger charge is 2.20. The topological polar surface area (TPSA) is 83.9 Å². The average Bonchev–Trinajstić information content (AvgIpc) is 2.42. The molecule has 0 aromatic carbocycles. The SMILES string of the molecule is CCC(CC)CN(CC(=O)OC)C(=O)CSCC(=O)O. The summed E-state index contributed by atoms with van der Waals surface area (Å²) in [5.74, 6) is -1.39. The van der Waals surface area contributed by atoms with Crippen LogP contribution in [-0.2, 0) is 19.1 Å². The van der Waals surface area contributed by atoms with Gasteiger partial charge in [-0.25, -0.2) is 0 Å². The van der Waals surface area contributed by atoms with Gasteiger partial charge in [-0.15, -0.1) is 11.8 Å². The monoisotopic (exact) mass is 305 g/mol. The molecule has 0 fully saturated rings. The first-order chi connectivity index (χ1) is 9.44. The van der Waals surface area contributed by atoms with Gasteiger partial charge in [0.25, 0.3) is 0 Å². The van der Waals surface area contributed by atoms with Gasteiger partial charge >= 0.3 is 11.9 Å². The number of methoxy groups -OCH3 is 1. The normalized spacial score (nSPS) is 10.4. The highest BCUT2D eigenvalue weighted by molar-refractivity contribution is 8.00. The summed E-state index contributed by atoms with van der Waals surface area (Å²) in [5, 5.41) is 8.55. The standard InChI is InChI=1S/C13H23NO5S/c1-4-10(5-2)6-14(7-13(18)19-3)11(15)8-20-9-12(16)17/h10H,4-9H2,1-3H3,(H,16,17). The molecule has 0 rings (SSSR count). The molecule has 20 heavy (non-hydrogen) atoms. The molecule has 0 bridgehead atoms. The smallest absolute Gasteiger partial charge is 0.325 e. The van der Waals surface area contributed by atoms with Gasteiger partial charge in [-0.1, -0.05) is 26.7 Å². The minimum absolute atomic E-state index is 0.0590. The molecule has 0 unspecified atom stereocenters. The number of hydrogen-bond donors (Lipinski definition) is 1. The fourth-order valence-electron chi connectivity index (χ4n) is 1.65. The first-order valence-corrected chi connectivity index (χ1v) is 7.74. The van der Waals surface area contributed by atoms with Crippen molar-refractivity contribution in [3.63, 3.8) is 0 Å². The molecule has 0 saturated carbocycles. The molecule has 7 heteroatoms. The highest BCUT2D eigenvalue weighted by atomic mass is 32.2. The lowest BCUT2D eigenvalue weighted by atomic mass is 10.0. The second-order valence-corrected chi connectivity index (χ2v) is 5.41. The van der Waals surface area contributed by atoms with Crippen molar-refractivity contribution < 1.29 is 24.2 Å². The van der Waals surface area contributed by atoms with Gasteiger partial charge in [0.05, 0.1) is 18.6 Å². The second-order valence-electron chi connectivity index (χ2n) is 4.42. The number of carbonyl (C=O) groups is 3. The predicted octanol–water partition coefficient (Wildman–Crippen LogP) is 1.24. The van der Waals surface area contributed by atoms with Crippen LogP contribution in [0.25, 0.3) is 0 Å². The van der Waals surface area contributed by atoms with Crippen molar-refractivity contribution in [2.24, 2.45) is 5.92 Å². The third-order valence-corrected chi connectivity index (χ3v) is 3.89. The molecule has 6 nitrogen and oxygen atoms in total. The molecule has 0 aromatic heterocycles. The summed E-state index contributed by atoms with van der Waals surface area (Å²) in [4.78, 5) is 35.3. The number of amides is 1. The lowest BCUT2D eigenvalue weighted by Gasteiger charge is -2.25. The molecule has 0 radical (unpaired) electrons. The van der Waals surface area contributed by atoms with E-state index in [1.807, 2.05) is 13.8 Å². The number of aliphatic carboxylic acids is 1. The third kappa shape index (κ3) is 8.04. The summed E-state index contributed by atoms with van der Waals surface area (Å²) in [7, 11) is 1.28. The molecule has 0 saturated heterocycles. The van der Waals surface area contributed by atoms with Crippen LogP contribution in [0.15, 0.2) is 0 Å². The van der Waals surface area contributed by atoms with E-state index < -0.39 is 11.9 Å². The van der Waals surface area contributed by atoms with E-state index in [0.29, 0.717) is 12.5 Å². The van der Waals surface area contributed by atoms with Crippen molar-refractivity contribution in [2.45, 2.75) is 26.7 Å². The van der Waals surface area contributed by atoms with E-state index in [1.54, 1.807) is 0 Å². The minimum Gasteiger partial charge on any atom is -0.481 e. The third-order valence-electron chi connectivity index (χ3n) is 2.98. The molecule has 0 heterocycles. The highest BCUT2D eigenvalue weighted by Crippen LogP contribution is 2.12. The predicted molar refractivity (Wildman–Crippen MR) is 77.6 cm³/mol. The van der Waals surface area contributed by atoms with Gasteiger partial charge in [-0.2, -0.15) is 0 Å². The molecule has 116 valence electrons. The molecule has 0 aliphatic heterocycles. The van der Waals surface area contributed by atoms with Crippen molar-refractivity contribution in [1.29, 1.82) is 0 Å². The fourth-order valence-corrected chi connectivity index (χ4v) is 2.28. The largest absolute Gasteiger partial charge is 0.481 e. The summed E-state index contributed by atoms with van der Waals surface area (Å²) >= 11 is 1.03. The Kier molecular flexibility index (Phi) is 9.88. The Hall–Kier alpha value is -1.24. The first kappa shape index (κ1) is 18.8. The van der Waals surface area contributed by atoms with Crippen LogP contribution in [-0.4, -0.2) is 59.6 Å². The number of rotatable bonds is 10. The Morgan fingerprint density at radius 2 is 1.80 bits per heavy atom.